The van der Waals surface area contributed by atoms with Crippen LogP contribution in [0.25, 0.3) is 5.78 Å². The molecule has 1 aliphatic rings. The third-order valence-electron chi connectivity index (χ3n) is 5.43. The minimum absolute atomic E-state index is 0.418. The van der Waals surface area contributed by atoms with Gasteiger partial charge in [-0.15, -0.1) is 0 Å². The van der Waals surface area contributed by atoms with Gasteiger partial charge in [0, 0.05) is 44.9 Å². The maximum atomic E-state index is 4.63. The van der Waals surface area contributed by atoms with Crippen LogP contribution < -0.4 is 0 Å². The number of aromatic nitrogens is 5. The van der Waals surface area contributed by atoms with Crippen LogP contribution in [-0.2, 0) is 13.6 Å². The van der Waals surface area contributed by atoms with Gasteiger partial charge >= 0.3 is 0 Å². The van der Waals surface area contributed by atoms with Crippen LogP contribution in [0.4, 0.5) is 0 Å². The first-order valence-corrected chi connectivity index (χ1v) is 9.25. The molecule has 3 aromatic rings. The van der Waals surface area contributed by atoms with Crippen LogP contribution in [0, 0.1) is 5.92 Å². The SMILES string of the molecule is CN(Cc1cn2cccnc2n1)C[C@@H]1CCCN(C)[C@H]1c1cncn1C. The molecule has 0 N–H and O–H groups in total. The number of likely N-dealkylation sites (tertiary alicyclic amines) is 1. The zero-order valence-corrected chi connectivity index (χ0v) is 15.8. The van der Waals surface area contributed by atoms with Crippen molar-refractivity contribution in [2.24, 2.45) is 13.0 Å². The van der Waals surface area contributed by atoms with Crippen molar-refractivity contribution < 1.29 is 0 Å². The summed E-state index contributed by atoms with van der Waals surface area (Å²) in [5, 5.41) is 0. The highest BCUT2D eigenvalue weighted by Crippen LogP contribution is 2.35. The van der Waals surface area contributed by atoms with Gasteiger partial charge in [0.05, 0.1) is 23.8 Å². The van der Waals surface area contributed by atoms with Gasteiger partial charge in [-0.05, 0) is 45.5 Å². The first-order chi connectivity index (χ1) is 12.6. The predicted molar refractivity (Wildman–Crippen MR) is 101 cm³/mol. The van der Waals surface area contributed by atoms with E-state index in [9.17, 15) is 0 Å². The molecule has 1 saturated heterocycles. The molecule has 0 bridgehead atoms. The van der Waals surface area contributed by atoms with Crippen molar-refractivity contribution in [2.45, 2.75) is 25.4 Å². The number of rotatable bonds is 5. The van der Waals surface area contributed by atoms with E-state index in [0.29, 0.717) is 12.0 Å². The summed E-state index contributed by atoms with van der Waals surface area (Å²) in [6.45, 7) is 3.03. The third kappa shape index (κ3) is 3.37. The second kappa shape index (κ2) is 7.17. The van der Waals surface area contributed by atoms with E-state index in [1.54, 1.807) is 6.20 Å². The maximum absolute atomic E-state index is 4.63. The number of fused-ring (bicyclic) bond motifs is 1. The molecule has 7 nitrogen and oxygen atoms in total. The molecule has 7 heteroatoms. The normalized spacial score (nSPS) is 21.7. The number of imidazole rings is 2. The predicted octanol–water partition coefficient (Wildman–Crippen LogP) is 1.98. The van der Waals surface area contributed by atoms with Gasteiger partial charge in [-0.2, -0.15) is 0 Å². The van der Waals surface area contributed by atoms with Gasteiger partial charge in [-0.3, -0.25) is 9.30 Å². The van der Waals surface area contributed by atoms with Crippen molar-refractivity contribution in [1.29, 1.82) is 0 Å². The summed E-state index contributed by atoms with van der Waals surface area (Å²) in [5.74, 6) is 1.35. The number of hydrogen-bond donors (Lipinski definition) is 0. The lowest BCUT2D eigenvalue weighted by Crippen LogP contribution is -2.41. The molecule has 0 amide bonds. The van der Waals surface area contributed by atoms with E-state index in [2.05, 4.69) is 56.7 Å². The second-order valence-corrected chi connectivity index (χ2v) is 7.51. The van der Waals surface area contributed by atoms with Gasteiger partial charge in [0.1, 0.15) is 0 Å². The minimum Gasteiger partial charge on any atom is -0.336 e. The standard InChI is InChI=1S/C19H27N7/c1-23(12-16-13-26-9-5-7-21-19(26)22-16)11-15-6-4-8-24(2)18(15)17-10-20-14-25(17)3/h5,7,9-10,13-15,18H,4,6,8,11-12H2,1-3H3/t15-,18+/m0/s1. The Balaban J connectivity index is 1.48. The highest BCUT2D eigenvalue weighted by molar-refractivity contribution is 5.29. The Morgan fingerprint density at radius 3 is 2.96 bits per heavy atom. The lowest BCUT2D eigenvalue weighted by molar-refractivity contribution is 0.0877. The smallest absolute Gasteiger partial charge is 0.233 e. The molecule has 138 valence electrons. The Morgan fingerprint density at radius 1 is 1.31 bits per heavy atom. The molecule has 2 atom stereocenters. The van der Waals surface area contributed by atoms with Gasteiger partial charge in [-0.25, -0.2) is 15.0 Å². The molecule has 4 rings (SSSR count). The molecule has 0 radical (unpaired) electrons. The molecular formula is C19H27N7. The number of piperidine rings is 1. The van der Waals surface area contributed by atoms with Crippen molar-refractivity contribution in [2.75, 3.05) is 27.2 Å². The molecular weight excluding hydrogens is 326 g/mol. The van der Waals surface area contributed by atoms with Gasteiger partial charge in [0.2, 0.25) is 5.78 Å². The van der Waals surface area contributed by atoms with Gasteiger partial charge in [-0.1, -0.05) is 0 Å². The van der Waals surface area contributed by atoms with Crippen LogP contribution in [0.5, 0.6) is 0 Å². The Hall–Kier alpha value is -2.25. The Morgan fingerprint density at radius 2 is 2.19 bits per heavy atom. The summed E-state index contributed by atoms with van der Waals surface area (Å²) in [6.07, 6.45) is 12.3. The molecule has 0 aromatic carbocycles. The lowest BCUT2D eigenvalue weighted by Gasteiger charge is -2.40. The summed E-state index contributed by atoms with van der Waals surface area (Å²) >= 11 is 0. The van der Waals surface area contributed by atoms with Crippen LogP contribution in [0.3, 0.4) is 0 Å². The van der Waals surface area contributed by atoms with Crippen LogP contribution in [0.15, 0.2) is 37.2 Å². The Bertz CT molecular complexity index is 835. The summed E-state index contributed by atoms with van der Waals surface area (Å²) in [5.41, 5.74) is 2.37. The number of nitrogens with zero attached hydrogens (tertiary/aromatic N) is 7. The van der Waals surface area contributed by atoms with Crippen LogP contribution >= 0.6 is 0 Å². The zero-order valence-electron chi connectivity index (χ0n) is 15.8. The van der Waals surface area contributed by atoms with Crippen LogP contribution in [0.2, 0.25) is 0 Å². The molecule has 0 unspecified atom stereocenters. The van der Waals surface area contributed by atoms with E-state index in [4.69, 9.17) is 0 Å². The highest BCUT2D eigenvalue weighted by atomic mass is 15.2. The average Bonchev–Trinajstić information content (AvgIpc) is 3.20. The third-order valence-corrected chi connectivity index (χ3v) is 5.43. The van der Waals surface area contributed by atoms with E-state index in [-0.39, 0.29) is 0 Å². The number of hydrogen-bond acceptors (Lipinski definition) is 5. The topological polar surface area (TPSA) is 54.5 Å². The Kier molecular flexibility index (Phi) is 4.74. The van der Waals surface area contributed by atoms with Gasteiger partial charge in [0.15, 0.2) is 0 Å². The first kappa shape index (κ1) is 17.2. The fraction of sp³-hybridized carbons (Fsp3) is 0.526. The summed E-state index contributed by atoms with van der Waals surface area (Å²) < 4.78 is 4.14. The molecule has 0 aliphatic carbocycles. The van der Waals surface area contributed by atoms with E-state index in [1.807, 2.05) is 29.2 Å². The molecule has 3 aromatic heterocycles. The van der Waals surface area contributed by atoms with Crippen molar-refractivity contribution in [3.63, 3.8) is 0 Å². The molecule has 4 heterocycles. The zero-order chi connectivity index (χ0) is 18.1. The molecule has 0 spiro atoms. The van der Waals surface area contributed by atoms with Crippen molar-refractivity contribution in [3.8, 4) is 0 Å². The van der Waals surface area contributed by atoms with E-state index in [0.717, 1.165) is 31.1 Å². The van der Waals surface area contributed by atoms with Crippen molar-refractivity contribution in [1.82, 2.24) is 33.7 Å². The van der Waals surface area contributed by atoms with Gasteiger partial charge < -0.3 is 9.47 Å². The molecule has 1 aliphatic heterocycles. The second-order valence-electron chi connectivity index (χ2n) is 7.51. The Labute approximate surface area is 154 Å². The maximum Gasteiger partial charge on any atom is 0.233 e. The van der Waals surface area contributed by atoms with E-state index >= 15 is 0 Å². The average molecular weight is 353 g/mol. The van der Waals surface area contributed by atoms with Gasteiger partial charge in [0.25, 0.3) is 0 Å². The summed E-state index contributed by atoms with van der Waals surface area (Å²) in [4.78, 5) is 18.1. The first-order valence-electron chi connectivity index (χ1n) is 9.25. The number of aryl methyl sites for hydroxylation is 1. The highest BCUT2D eigenvalue weighted by Gasteiger charge is 2.33. The molecule has 1 fully saturated rings. The fourth-order valence-corrected chi connectivity index (χ4v) is 4.27. The largest absolute Gasteiger partial charge is 0.336 e. The van der Waals surface area contributed by atoms with Crippen LogP contribution in [0.1, 0.15) is 30.3 Å². The lowest BCUT2D eigenvalue weighted by atomic mass is 9.87. The minimum atomic E-state index is 0.418. The van der Waals surface area contributed by atoms with Crippen molar-refractivity contribution in [3.05, 3.63) is 48.6 Å². The van der Waals surface area contributed by atoms with Crippen LogP contribution in [-0.4, -0.2) is 60.9 Å². The van der Waals surface area contributed by atoms with E-state index in [1.165, 1.54) is 18.5 Å². The quantitative estimate of drug-likeness (QED) is 0.702. The van der Waals surface area contributed by atoms with E-state index < -0.39 is 0 Å². The molecule has 26 heavy (non-hydrogen) atoms. The molecule has 0 saturated carbocycles. The monoisotopic (exact) mass is 353 g/mol. The van der Waals surface area contributed by atoms with Crippen molar-refractivity contribution >= 4 is 5.78 Å². The summed E-state index contributed by atoms with van der Waals surface area (Å²) in [6, 6.07) is 2.35. The summed E-state index contributed by atoms with van der Waals surface area (Å²) in [7, 11) is 6.51. The fourth-order valence-electron chi connectivity index (χ4n) is 4.27.